The van der Waals surface area contributed by atoms with E-state index in [4.69, 9.17) is 13.9 Å². The number of benzene rings is 4. The maximum atomic E-state index is 14.1. The molecular weight excluding hydrogens is 509 g/mol. The Morgan fingerprint density at radius 3 is 2.44 bits per heavy atom. The number of hydrogen-bond donors (Lipinski definition) is 0. The molecule has 0 radical (unpaired) electrons. The first kappa shape index (κ1) is 26.0. The fraction of sp³-hybridized carbons (Fsp3) is 0.161. The minimum atomic E-state index is -4.94. The van der Waals surface area contributed by atoms with Crippen molar-refractivity contribution in [2.75, 3.05) is 6.61 Å². The van der Waals surface area contributed by atoms with E-state index in [-0.39, 0.29) is 28.7 Å². The highest BCUT2D eigenvalue weighted by Crippen LogP contribution is 2.39. The SMILES string of the molecule is Cc1ccccc1OCCCC(=O)Oc1ccc2c(=O)c(-c3cccc4ccccc34)c(C(F)(F)F)oc2c1. The highest BCUT2D eigenvalue weighted by Gasteiger charge is 2.39. The Balaban J connectivity index is 1.41. The van der Waals surface area contributed by atoms with Crippen LogP contribution in [0.1, 0.15) is 24.2 Å². The van der Waals surface area contributed by atoms with E-state index in [1.54, 1.807) is 36.4 Å². The van der Waals surface area contributed by atoms with Crippen LogP contribution in [0.4, 0.5) is 13.2 Å². The minimum Gasteiger partial charge on any atom is -0.493 e. The quantitative estimate of drug-likeness (QED) is 0.122. The molecule has 1 aromatic heterocycles. The molecule has 0 saturated carbocycles. The maximum absolute atomic E-state index is 14.1. The van der Waals surface area contributed by atoms with Gasteiger partial charge in [0.25, 0.3) is 0 Å². The van der Waals surface area contributed by atoms with E-state index in [1.807, 2.05) is 31.2 Å². The van der Waals surface area contributed by atoms with E-state index in [0.717, 1.165) is 17.4 Å². The molecule has 0 amide bonds. The monoisotopic (exact) mass is 532 g/mol. The Bertz CT molecular complexity index is 1730. The number of hydrogen-bond acceptors (Lipinski definition) is 5. The van der Waals surface area contributed by atoms with Crippen molar-refractivity contribution in [2.45, 2.75) is 25.9 Å². The lowest BCUT2D eigenvalue weighted by Gasteiger charge is -2.14. The molecule has 0 aliphatic heterocycles. The zero-order chi connectivity index (χ0) is 27.6. The predicted octanol–water partition coefficient (Wildman–Crippen LogP) is 7.71. The molecule has 0 unspecified atom stereocenters. The van der Waals surface area contributed by atoms with Crippen LogP contribution in [0.2, 0.25) is 0 Å². The Labute approximate surface area is 221 Å². The van der Waals surface area contributed by atoms with Crippen LogP contribution in [0.3, 0.4) is 0 Å². The molecule has 0 atom stereocenters. The number of para-hydroxylation sites is 1. The first-order valence-electron chi connectivity index (χ1n) is 12.3. The molecule has 0 spiro atoms. The molecule has 0 bridgehead atoms. The zero-order valence-electron chi connectivity index (χ0n) is 20.9. The van der Waals surface area contributed by atoms with Crippen molar-refractivity contribution in [1.82, 2.24) is 0 Å². The summed E-state index contributed by atoms with van der Waals surface area (Å²) in [6.45, 7) is 2.20. The van der Waals surface area contributed by atoms with Gasteiger partial charge in [-0.1, -0.05) is 60.7 Å². The summed E-state index contributed by atoms with van der Waals surface area (Å²) in [7, 11) is 0. The Morgan fingerprint density at radius 1 is 0.897 bits per heavy atom. The Morgan fingerprint density at radius 2 is 1.64 bits per heavy atom. The molecule has 0 N–H and O–H groups in total. The van der Waals surface area contributed by atoms with Crippen LogP contribution in [-0.2, 0) is 11.0 Å². The number of alkyl halides is 3. The van der Waals surface area contributed by atoms with Gasteiger partial charge in [-0.05, 0) is 53.4 Å². The maximum Gasteiger partial charge on any atom is 0.450 e. The van der Waals surface area contributed by atoms with Gasteiger partial charge in [0.05, 0.1) is 17.6 Å². The highest BCUT2D eigenvalue weighted by atomic mass is 19.4. The van der Waals surface area contributed by atoms with Gasteiger partial charge in [0.2, 0.25) is 11.2 Å². The third-order valence-electron chi connectivity index (χ3n) is 6.29. The second kappa shape index (κ2) is 10.6. The summed E-state index contributed by atoms with van der Waals surface area (Å²) in [5.74, 6) is -1.30. The molecule has 1 heterocycles. The van der Waals surface area contributed by atoms with E-state index in [1.165, 1.54) is 18.2 Å². The van der Waals surface area contributed by atoms with Crippen LogP contribution in [0, 0.1) is 6.92 Å². The molecule has 8 heteroatoms. The Hall–Kier alpha value is -4.59. The number of rotatable bonds is 7. The van der Waals surface area contributed by atoms with Crippen LogP contribution >= 0.6 is 0 Å². The molecule has 5 nitrogen and oxygen atoms in total. The molecule has 39 heavy (non-hydrogen) atoms. The average molecular weight is 533 g/mol. The second-order valence-corrected chi connectivity index (χ2v) is 9.01. The van der Waals surface area contributed by atoms with Gasteiger partial charge in [-0.25, -0.2) is 0 Å². The van der Waals surface area contributed by atoms with Crippen molar-refractivity contribution in [3.8, 4) is 22.6 Å². The van der Waals surface area contributed by atoms with Crippen molar-refractivity contribution in [2.24, 2.45) is 0 Å². The average Bonchev–Trinajstić information content (AvgIpc) is 2.91. The summed E-state index contributed by atoms with van der Waals surface area (Å²) in [4.78, 5) is 25.7. The zero-order valence-corrected chi connectivity index (χ0v) is 20.9. The standard InChI is InChI=1S/C31H23F3O5/c1-19-8-2-5-13-25(19)37-17-7-14-27(35)38-21-15-16-24-26(18-21)39-30(31(32,33)34)28(29(24)36)23-12-6-10-20-9-3-4-11-22(20)23/h2-6,8-13,15-16,18H,7,14,17H2,1H3. The van der Waals surface area contributed by atoms with Crippen molar-refractivity contribution < 1.29 is 31.9 Å². The third kappa shape index (κ3) is 5.50. The molecule has 5 aromatic rings. The number of carbonyl (C=O) groups excluding carboxylic acids is 1. The third-order valence-corrected chi connectivity index (χ3v) is 6.29. The van der Waals surface area contributed by atoms with E-state index in [2.05, 4.69) is 0 Å². The molecule has 5 rings (SSSR count). The summed E-state index contributed by atoms with van der Waals surface area (Å²) in [6, 6.07) is 23.0. The van der Waals surface area contributed by atoms with E-state index in [0.29, 0.717) is 23.8 Å². The molecule has 198 valence electrons. The van der Waals surface area contributed by atoms with Gasteiger partial charge in [0.1, 0.15) is 17.1 Å². The van der Waals surface area contributed by atoms with Crippen LogP contribution in [0.25, 0.3) is 32.9 Å². The lowest BCUT2D eigenvalue weighted by molar-refractivity contribution is -0.152. The van der Waals surface area contributed by atoms with Crippen molar-refractivity contribution >= 4 is 27.7 Å². The first-order valence-corrected chi connectivity index (χ1v) is 12.3. The molecular formula is C31H23F3O5. The summed E-state index contributed by atoms with van der Waals surface area (Å²) < 4.78 is 58.7. The van der Waals surface area contributed by atoms with Crippen molar-refractivity contribution in [3.05, 3.63) is 106 Å². The largest absolute Gasteiger partial charge is 0.493 e. The summed E-state index contributed by atoms with van der Waals surface area (Å²) in [5, 5.41) is 1.13. The number of esters is 1. The number of aryl methyl sites for hydroxylation is 1. The molecule has 0 aliphatic carbocycles. The normalized spacial score (nSPS) is 11.6. The number of carbonyl (C=O) groups is 1. The van der Waals surface area contributed by atoms with Crippen LogP contribution in [-0.4, -0.2) is 12.6 Å². The summed E-state index contributed by atoms with van der Waals surface area (Å²) in [6.07, 6.45) is -4.53. The van der Waals surface area contributed by atoms with Gasteiger partial charge < -0.3 is 13.9 Å². The Kier molecular flexibility index (Phi) is 7.11. The summed E-state index contributed by atoms with van der Waals surface area (Å²) in [5.41, 5.74) is -0.625. The van der Waals surface area contributed by atoms with Crippen LogP contribution < -0.4 is 14.9 Å². The highest BCUT2D eigenvalue weighted by molar-refractivity contribution is 5.98. The minimum absolute atomic E-state index is 0.0264. The predicted molar refractivity (Wildman–Crippen MR) is 142 cm³/mol. The smallest absolute Gasteiger partial charge is 0.450 e. The van der Waals surface area contributed by atoms with E-state index < -0.39 is 28.9 Å². The van der Waals surface area contributed by atoms with Crippen LogP contribution in [0.5, 0.6) is 11.5 Å². The van der Waals surface area contributed by atoms with Gasteiger partial charge in [-0.2, -0.15) is 13.2 Å². The van der Waals surface area contributed by atoms with Gasteiger partial charge >= 0.3 is 12.1 Å². The molecule has 4 aromatic carbocycles. The topological polar surface area (TPSA) is 65.7 Å². The molecule has 0 aliphatic rings. The van der Waals surface area contributed by atoms with Gasteiger partial charge in [0.15, 0.2) is 0 Å². The lowest BCUT2D eigenvalue weighted by Crippen LogP contribution is -2.16. The molecule has 0 fully saturated rings. The van der Waals surface area contributed by atoms with Gasteiger partial charge in [-0.3, -0.25) is 9.59 Å². The van der Waals surface area contributed by atoms with E-state index in [9.17, 15) is 22.8 Å². The second-order valence-electron chi connectivity index (χ2n) is 9.01. The number of fused-ring (bicyclic) bond motifs is 2. The fourth-order valence-corrected chi connectivity index (χ4v) is 4.42. The van der Waals surface area contributed by atoms with Crippen molar-refractivity contribution in [1.29, 1.82) is 0 Å². The molecule has 0 saturated heterocycles. The van der Waals surface area contributed by atoms with Crippen molar-refractivity contribution in [3.63, 3.8) is 0 Å². The van der Waals surface area contributed by atoms with Gasteiger partial charge in [0, 0.05) is 12.5 Å². The fourth-order valence-electron chi connectivity index (χ4n) is 4.42. The number of halogens is 3. The number of ether oxygens (including phenoxy) is 2. The lowest BCUT2D eigenvalue weighted by atomic mass is 9.96. The first-order chi connectivity index (χ1) is 18.7. The van der Waals surface area contributed by atoms with Gasteiger partial charge in [-0.15, -0.1) is 0 Å². The summed E-state index contributed by atoms with van der Waals surface area (Å²) >= 11 is 0. The van der Waals surface area contributed by atoms with E-state index >= 15 is 0 Å². The van der Waals surface area contributed by atoms with Crippen LogP contribution in [0.15, 0.2) is 94.1 Å².